The van der Waals surface area contributed by atoms with Gasteiger partial charge < -0.3 is 20.0 Å². The predicted octanol–water partition coefficient (Wildman–Crippen LogP) is 0.761. The molecule has 30 heavy (non-hydrogen) atoms. The molecule has 0 unspecified atom stereocenters. The molecule has 8 nitrogen and oxygen atoms in total. The van der Waals surface area contributed by atoms with Crippen LogP contribution in [0.25, 0.3) is 0 Å². The number of carbonyl (C=O) groups excluding carboxylic acids is 3. The molecular weight excluding hydrogens is 382 g/mol. The number of pyridine rings is 1. The van der Waals surface area contributed by atoms with Crippen LogP contribution in [0.1, 0.15) is 16.8 Å². The number of amides is 3. The number of nitrogens with one attached hydrogen (secondary N) is 1. The quantitative estimate of drug-likeness (QED) is 0.809. The lowest BCUT2D eigenvalue weighted by atomic mass is 10.1. The van der Waals surface area contributed by atoms with E-state index in [9.17, 15) is 14.4 Å². The number of hydrogen-bond donors (Lipinski definition) is 1. The van der Waals surface area contributed by atoms with E-state index in [0.29, 0.717) is 31.7 Å². The minimum Gasteiger partial charge on any atom is -0.368 e. The first kappa shape index (κ1) is 19.9. The summed E-state index contributed by atoms with van der Waals surface area (Å²) in [6.07, 6.45) is 3.06. The molecule has 2 aliphatic rings. The molecule has 1 N–H and O–H groups in total. The van der Waals surface area contributed by atoms with Crippen molar-refractivity contribution in [2.24, 2.45) is 0 Å². The van der Waals surface area contributed by atoms with Crippen LogP contribution in [0.5, 0.6) is 0 Å². The Hall–Kier alpha value is -3.42. The standard InChI is InChI=1S/C22H25N5O3/c28-20(26-13-11-25(12-14-26)18-6-2-1-3-7-18)15-19-21(29)24-9-10-27(19)22(30)17-5-4-8-23-16-17/h1-8,16,19H,9-15H2,(H,24,29)/t19-/m1/s1. The van der Waals surface area contributed by atoms with Gasteiger partial charge in [-0.2, -0.15) is 0 Å². The summed E-state index contributed by atoms with van der Waals surface area (Å²) in [7, 11) is 0. The van der Waals surface area contributed by atoms with Crippen molar-refractivity contribution in [1.29, 1.82) is 0 Å². The lowest BCUT2D eigenvalue weighted by molar-refractivity contribution is -0.138. The smallest absolute Gasteiger partial charge is 0.256 e. The molecule has 4 rings (SSSR count). The molecule has 8 heteroatoms. The van der Waals surface area contributed by atoms with Crippen molar-refractivity contribution in [3.63, 3.8) is 0 Å². The maximum Gasteiger partial charge on any atom is 0.256 e. The van der Waals surface area contributed by atoms with Crippen LogP contribution in [0.2, 0.25) is 0 Å². The minimum absolute atomic E-state index is 0.0107. The second-order valence-corrected chi connectivity index (χ2v) is 7.45. The molecule has 1 aromatic carbocycles. The van der Waals surface area contributed by atoms with Crippen molar-refractivity contribution in [2.75, 3.05) is 44.2 Å². The van der Waals surface area contributed by atoms with Gasteiger partial charge in [0.15, 0.2) is 0 Å². The number of para-hydroxylation sites is 1. The SMILES string of the molecule is O=C1NCCN(C(=O)c2cccnc2)[C@@H]1CC(=O)N1CCN(c2ccccc2)CC1. The van der Waals surface area contributed by atoms with Crippen LogP contribution in [0.15, 0.2) is 54.9 Å². The van der Waals surface area contributed by atoms with Crippen molar-refractivity contribution >= 4 is 23.4 Å². The molecule has 3 amide bonds. The van der Waals surface area contributed by atoms with Crippen LogP contribution in [-0.2, 0) is 9.59 Å². The number of anilines is 1. The van der Waals surface area contributed by atoms with E-state index in [-0.39, 0.29) is 24.1 Å². The highest BCUT2D eigenvalue weighted by Crippen LogP contribution is 2.18. The maximum absolute atomic E-state index is 12.9. The number of nitrogens with zero attached hydrogens (tertiary/aromatic N) is 4. The Morgan fingerprint density at radius 2 is 1.77 bits per heavy atom. The van der Waals surface area contributed by atoms with E-state index >= 15 is 0 Å². The van der Waals surface area contributed by atoms with Gasteiger partial charge in [-0.05, 0) is 24.3 Å². The highest BCUT2D eigenvalue weighted by atomic mass is 16.2. The second kappa shape index (κ2) is 8.94. The van der Waals surface area contributed by atoms with Crippen molar-refractivity contribution in [3.05, 3.63) is 60.4 Å². The number of benzene rings is 1. The third-order valence-corrected chi connectivity index (χ3v) is 5.62. The van der Waals surface area contributed by atoms with E-state index in [2.05, 4.69) is 27.3 Å². The molecule has 0 aliphatic carbocycles. The normalized spacial score (nSPS) is 19.4. The highest BCUT2D eigenvalue weighted by Gasteiger charge is 2.36. The van der Waals surface area contributed by atoms with Gasteiger partial charge in [-0.25, -0.2) is 0 Å². The Morgan fingerprint density at radius 3 is 2.47 bits per heavy atom. The van der Waals surface area contributed by atoms with Crippen LogP contribution in [-0.4, -0.2) is 77.8 Å². The molecule has 0 radical (unpaired) electrons. The molecule has 156 valence electrons. The first-order valence-corrected chi connectivity index (χ1v) is 10.2. The fraction of sp³-hybridized carbons (Fsp3) is 0.364. The molecule has 3 heterocycles. The van der Waals surface area contributed by atoms with E-state index in [1.165, 1.54) is 11.1 Å². The molecule has 0 saturated carbocycles. The second-order valence-electron chi connectivity index (χ2n) is 7.45. The summed E-state index contributed by atoms with van der Waals surface area (Å²) in [6, 6.07) is 12.7. The molecule has 2 aromatic rings. The molecule has 0 spiro atoms. The van der Waals surface area contributed by atoms with Gasteiger partial charge in [0, 0.05) is 57.3 Å². The Kier molecular flexibility index (Phi) is 5.92. The summed E-state index contributed by atoms with van der Waals surface area (Å²) in [4.78, 5) is 47.8. The zero-order valence-electron chi connectivity index (χ0n) is 16.7. The van der Waals surface area contributed by atoms with Gasteiger partial charge in [-0.3, -0.25) is 19.4 Å². The number of carbonyl (C=O) groups is 3. The van der Waals surface area contributed by atoms with Crippen molar-refractivity contribution in [1.82, 2.24) is 20.1 Å². The molecule has 2 fully saturated rings. The van der Waals surface area contributed by atoms with Crippen LogP contribution in [0.4, 0.5) is 5.69 Å². The monoisotopic (exact) mass is 407 g/mol. The number of hydrogen-bond acceptors (Lipinski definition) is 5. The van der Waals surface area contributed by atoms with E-state index < -0.39 is 6.04 Å². The Labute approximate surface area is 175 Å². The molecule has 2 aliphatic heterocycles. The first-order chi connectivity index (χ1) is 14.6. The van der Waals surface area contributed by atoms with Crippen LogP contribution < -0.4 is 10.2 Å². The summed E-state index contributed by atoms with van der Waals surface area (Å²) in [6.45, 7) is 3.43. The molecule has 1 atom stereocenters. The van der Waals surface area contributed by atoms with Gasteiger partial charge in [0.1, 0.15) is 6.04 Å². The number of piperazine rings is 2. The van der Waals surface area contributed by atoms with Gasteiger partial charge >= 0.3 is 0 Å². The largest absolute Gasteiger partial charge is 0.368 e. The molecular formula is C22H25N5O3. The minimum atomic E-state index is -0.800. The van der Waals surface area contributed by atoms with Gasteiger partial charge in [-0.1, -0.05) is 18.2 Å². The molecule has 2 saturated heterocycles. The van der Waals surface area contributed by atoms with E-state index in [1.807, 2.05) is 18.2 Å². The number of rotatable bonds is 4. The molecule has 1 aromatic heterocycles. The van der Waals surface area contributed by atoms with Gasteiger partial charge in [0.05, 0.1) is 12.0 Å². The van der Waals surface area contributed by atoms with Crippen LogP contribution >= 0.6 is 0 Å². The summed E-state index contributed by atoms with van der Waals surface area (Å²) in [5.41, 5.74) is 1.56. The van der Waals surface area contributed by atoms with Crippen molar-refractivity contribution in [2.45, 2.75) is 12.5 Å². The zero-order valence-corrected chi connectivity index (χ0v) is 16.7. The summed E-state index contributed by atoms with van der Waals surface area (Å²) in [5, 5.41) is 2.78. The number of aromatic nitrogens is 1. The third-order valence-electron chi connectivity index (χ3n) is 5.62. The average Bonchev–Trinajstić information content (AvgIpc) is 2.81. The highest BCUT2D eigenvalue weighted by molar-refractivity contribution is 5.99. The average molecular weight is 407 g/mol. The molecule has 0 bridgehead atoms. The van der Waals surface area contributed by atoms with Gasteiger partial charge in [0.25, 0.3) is 5.91 Å². The predicted molar refractivity (Wildman–Crippen MR) is 112 cm³/mol. The van der Waals surface area contributed by atoms with E-state index in [0.717, 1.165) is 18.8 Å². The van der Waals surface area contributed by atoms with Gasteiger partial charge in [-0.15, -0.1) is 0 Å². The maximum atomic E-state index is 12.9. The Balaban J connectivity index is 1.39. The summed E-state index contributed by atoms with van der Waals surface area (Å²) in [5.74, 6) is -0.659. The summed E-state index contributed by atoms with van der Waals surface area (Å²) < 4.78 is 0. The Bertz CT molecular complexity index is 898. The van der Waals surface area contributed by atoms with Gasteiger partial charge in [0.2, 0.25) is 11.8 Å². The van der Waals surface area contributed by atoms with E-state index in [4.69, 9.17) is 0 Å². The fourth-order valence-electron chi connectivity index (χ4n) is 3.96. The van der Waals surface area contributed by atoms with Crippen LogP contribution in [0.3, 0.4) is 0 Å². The first-order valence-electron chi connectivity index (χ1n) is 10.2. The van der Waals surface area contributed by atoms with Crippen LogP contribution in [0, 0.1) is 0 Å². The van der Waals surface area contributed by atoms with Crippen molar-refractivity contribution in [3.8, 4) is 0 Å². The topological polar surface area (TPSA) is 85.8 Å². The van der Waals surface area contributed by atoms with Crippen molar-refractivity contribution < 1.29 is 14.4 Å². The third kappa shape index (κ3) is 4.27. The summed E-state index contributed by atoms with van der Waals surface area (Å²) >= 11 is 0. The Morgan fingerprint density at radius 1 is 1.00 bits per heavy atom. The van der Waals surface area contributed by atoms with E-state index in [1.54, 1.807) is 23.2 Å². The zero-order chi connectivity index (χ0) is 20.9. The fourth-order valence-corrected chi connectivity index (χ4v) is 3.96. The lowest BCUT2D eigenvalue weighted by Gasteiger charge is -2.38. The lowest BCUT2D eigenvalue weighted by Crippen LogP contribution is -2.59.